The topological polar surface area (TPSA) is 43.0 Å². The predicted octanol–water partition coefficient (Wildman–Crippen LogP) is 13.4. The van der Waals surface area contributed by atoms with Gasteiger partial charge in [0, 0.05) is 43.9 Å². The van der Waals surface area contributed by atoms with Crippen LogP contribution in [0.5, 0.6) is 0 Å². The van der Waals surface area contributed by atoms with Crippen molar-refractivity contribution in [3.05, 3.63) is 227 Å². The number of para-hydroxylation sites is 4. The van der Waals surface area contributed by atoms with Crippen molar-refractivity contribution in [2.45, 2.75) is 5.92 Å². The molecule has 1 aromatic heterocycles. The van der Waals surface area contributed by atoms with E-state index < -0.39 is 0 Å². The normalized spacial score (nSPS) is 11.5. The fraction of sp³-hybridized carbons (Fsp3) is 0.0204. The Morgan fingerprint density at radius 3 is 1.42 bits per heavy atom. The number of hydrogen-bond donors (Lipinski definition) is 2. The molecular weight excluding hydrogens is 710 g/mol. The van der Waals surface area contributed by atoms with Crippen LogP contribution in [-0.2, 0) is 0 Å². The molecule has 53 heavy (non-hydrogen) atoms. The first-order valence-corrected chi connectivity index (χ1v) is 18.6. The Bertz CT molecular complexity index is 2500. The third-order valence-electron chi connectivity index (χ3n) is 9.60. The smallest absolute Gasteiger partial charge is 0.0541 e. The van der Waals surface area contributed by atoms with Crippen LogP contribution in [0.2, 0.25) is 0 Å². The first-order valence-electron chi connectivity index (χ1n) is 17.8. The first kappa shape index (κ1) is 33.8. The number of halogens is 1. The molecule has 10 rings (SSSR count). The lowest BCUT2D eigenvalue weighted by Gasteiger charge is -2.15. The molecule has 0 saturated heterocycles. The molecule has 1 aliphatic rings. The van der Waals surface area contributed by atoms with Gasteiger partial charge in [-0.3, -0.25) is 0 Å². The minimum atomic E-state index is 0.313. The summed E-state index contributed by atoms with van der Waals surface area (Å²) in [6, 6.07) is 71.7. The van der Waals surface area contributed by atoms with Crippen molar-refractivity contribution in [3.8, 4) is 16.8 Å². The molecule has 0 radical (unpaired) electrons. The lowest BCUT2D eigenvalue weighted by Crippen LogP contribution is -1.99. The zero-order chi connectivity index (χ0) is 36.0. The van der Waals surface area contributed by atoms with Gasteiger partial charge in [-0.25, -0.2) is 0 Å². The standard InChI is InChI=1S/C25H19N.C18H12BrN.C6H7N/c1-2-8-19(9-3-1)26-20-16-14-18(15-17-20)25-23-12-6-4-10-21(23)22-11-5-7-13-24(22)25;19-13-9-11-14(12-10-13)20-17-7-3-1-5-15(17)16-6-2-4-8-18(16)20;7-6-4-2-1-3-5-6/h1-17,25-26H;1-12H;1-5H,7H2. The third kappa shape index (κ3) is 7.23. The van der Waals surface area contributed by atoms with E-state index in [1.54, 1.807) is 0 Å². The van der Waals surface area contributed by atoms with Gasteiger partial charge in [0.05, 0.1) is 11.0 Å². The van der Waals surface area contributed by atoms with Crippen LogP contribution in [0.15, 0.2) is 211 Å². The Hall–Kier alpha value is -6.36. The van der Waals surface area contributed by atoms with E-state index in [1.807, 2.05) is 48.5 Å². The van der Waals surface area contributed by atoms with Crippen molar-refractivity contribution >= 4 is 54.8 Å². The Balaban J connectivity index is 0.000000131. The summed E-state index contributed by atoms with van der Waals surface area (Å²) in [6.45, 7) is 0. The molecule has 0 saturated carbocycles. The van der Waals surface area contributed by atoms with Crippen LogP contribution in [-0.4, -0.2) is 4.57 Å². The van der Waals surface area contributed by atoms with E-state index in [-0.39, 0.29) is 0 Å². The molecule has 8 aromatic carbocycles. The maximum Gasteiger partial charge on any atom is 0.0541 e. The van der Waals surface area contributed by atoms with Gasteiger partial charge in [0.2, 0.25) is 0 Å². The largest absolute Gasteiger partial charge is 0.399 e. The molecule has 0 aliphatic heterocycles. The van der Waals surface area contributed by atoms with Gasteiger partial charge in [0.25, 0.3) is 0 Å². The summed E-state index contributed by atoms with van der Waals surface area (Å²) in [4.78, 5) is 0. The van der Waals surface area contributed by atoms with E-state index >= 15 is 0 Å². The predicted molar refractivity (Wildman–Crippen MR) is 228 cm³/mol. The van der Waals surface area contributed by atoms with Crippen LogP contribution in [0.4, 0.5) is 17.1 Å². The van der Waals surface area contributed by atoms with Crippen LogP contribution in [0.1, 0.15) is 22.6 Å². The highest BCUT2D eigenvalue weighted by Crippen LogP contribution is 2.47. The van der Waals surface area contributed by atoms with Crippen LogP contribution in [0.3, 0.4) is 0 Å². The van der Waals surface area contributed by atoms with Gasteiger partial charge in [-0.2, -0.15) is 0 Å². The maximum absolute atomic E-state index is 5.36. The molecular formula is C49H38BrN3. The number of nitrogens with zero attached hydrogens (tertiary/aromatic N) is 1. The number of nitrogen functional groups attached to an aromatic ring is 1. The summed E-state index contributed by atoms with van der Waals surface area (Å²) < 4.78 is 3.42. The summed E-state index contributed by atoms with van der Waals surface area (Å²) in [7, 11) is 0. The van der Waals surface area contributed by atoms with Crippen molar-refractivity contribution < 1.29 is 0 Å². The van der Waals surface area contributed by atoms with E-state index in [9.17, 15) is 0 Å². The SMILES string of the molecule is Brc1ccc(-n2c3ccccc3c3ccccc32)cc1.Nc1ccccc1.c1ccc(Nc2ccc(C3c4ccccc4-c4ccccc43)cc2)cc1. The monoisotopic (exact) mass is 747 g/mol. The average Bonchev–Trinajstić information content (AvgIpc) is 3.73. The number of aromatic nitrogens is 1. The summed E-state index contributed by atoms with van der Waals surface area (Å²) >= 11 is 3.50. The van der Waals surface area contributed by atoms with Gasteiger partial charge in [0.1, 0.15) is 0 Å². The van der Waals surface area contributed by atoms with Crippen LogP contribution in [0, 0.1) is 0 Å². The molecule has 1 aliphatic carbocycles. The van der Waals surface area contributed by atoms with Gasteiger partial charge in [0.15, 0.2) is 0 Å². The maximum atomic E-state index is 5.36. The number of nitrogens with two attached hydrogens (primary N) is 1. The van der Waals surface area contributed by atoms with Gasteiger partial charge in [-0.05, 0) is 101 Å². The van der Waals surface area contributed by atoms with Gasteiger partial charge < -0.3 is 15.6 Å². The molecule has 0 amide bonds. The van der Waals surface area contributed by atoms with E-state index in [0.29, 0.717) is 5.92 Å². The van der Waals surface area contributed by atoms with E-state index in [0.717, 1.165) is 21.5 Å². The van der Waals surface area contributed by atoms with Crippen LogP contribution in [0.25, 0.3) is 38.6 Å². The fourth-order valence-corrected chi connectivity index (χ4v) is 7.47. The van der Waals surface area contributed by atoms with Gasteiger partial charge in [-0.1, -0.05) is 149 Å². The van der Waals surface area contributed by atoms with E-state index in [4.69, 9.17) is 5.73 Å². The zero-order valence-corrected chi connectivity index (χ0v) is 30.7. The van der Waals surface area contributed by atoms with Gasteiger partial charge in [-0.15, -0.1) is 0 Å². The highest BCUT2D eigenvalue weighted by atomic mass is 79.9. The third-order valence-corrected chi connectivity index (χ3v) is 10.1. The molecule has 0 bridgehead atoms. The number of fused-ring (bicyclic) bond motifs is 6. The summed E-state index contributed by atoms with van der Waals surface area (Å²) in [5.41, 5.74) is 18.9. The van der Waals surface area contributed by atoms with Crippen molar-refractivity contribution in [2.24, 2.45) is 0 Å². The second-order valence-corrected chi connectivity index (χ2v) is 13.9. The highest BCUT2D eigenvalue weighted by Gasteiger charge is 2.29. The zero-order valence-electron chi connectivity index (χ0n) is 29.1. The van der Waals surface area contributed by atoms with Crippen molar-refractivity contribution in [1.29, 1.82) is 0 Å². The van der Waals surface area contributed by atoms with Gasteiger partial charge >= 0.3 is 0 Å². The molecule has 256 valence electrons. The van der Waals surface area contributed by atoms with Crippen molar-refractivity contribution in [3.63, 3.8) is 0 Å². The average molecular weight is 749 g/mol. The Morgan fingerprint density at radius 1 is 0.434 bits per heavy atom. The molecule has 0 atom stereocenters. The number of benzene rings is 8. The molecule has 0 unspecified atom stereocenters. The molecule has 3 N–H and O–H groups in total. The lowest BCUT2D eigenvalue weighted by atomic mass is 9.89. The van der Waals surface area contributed by atoms with Crippen molar-refractivity contribution in [2.75, 3.05) is 11.1 Å². The highest BCUT2D eigenvalue weighted by molar-refractivity contribution is 9.10. The van der Waals surface area contributed by atoms with Crippen molar-refractivity contribution in [1.82, 2.24) is 4.57 Å². The Morgan fingerprint density at radius 2 is 0.887 bits per heavy atom. The number of hydrogen-bond acceptors (Lipinski definition) is 2. The first-order chi connectivity index (χ1) is 26.1. The quantitative estimate of drug-likeness (QED) is 0.176. The lowest BCUT2D eigenvalue weighted by molar-refractivity contribution is 1.02. The second-order valence-electron chi connectivity index (χ2n) is 13.0. The number of anilines is 3. The van der Waals surface area contributed by atoms with E-state index in [1.165, 1.54) is 55.3 Å². The summed E-state index contributed by atoms with van der Waals surface area (Å²) in [6.07, 6.45) is 0. The minimum Gasteiger partial charge on any atom is -0.399 e. The molecule has 0 fully saturated rings. The fourth-order valence-electron chi connectivity index (χ4n) is 7.21. The Labute approximate surface area is 319 Å². The minimum absolute atomic E-state index is 0.313. The Kier molecular flexibility index (Phi) is 9.86. The molecule has 3 nitrogen and oxygen atoms in total. The molecule has 0 spiro atoms. The second kappa shape index (κ2) is 15.5. The molecule has 9 aromatic rings. The van der Waals surface area contributed by atoms with Crippen LogP contribution >= 0.6 is 15.9 Å². The number of rotatable bonds is 4. The molecule has 4 heteroatoms. The summed E-state index contributed by atoms with van der Waals surface area (Å²) in [5, 5.41) is 6.05. The van der Waals surface area contributed by atoms with E-state index in [2.05, 4.69) is 184 Å². The number of nitrogens with one attached hydrogen (secondary N) is 1. The van der Waals surface area contributed by atoms with Crippen LogP contribution < -0.4 is 11.1 Å². The molecule has 1 heterocycles. The summed E-state index contributed by atoms with van der Waals surface area (Å²) in [5.74, 6) is 0.313.